The molecule has 2 aromatic rings. The van der Waals surface area contributed by atoms with E-state index in [9.17, 15) is 24.6 Å². The molecule has 7 nitrogen and oxygen atoms in total. The molecule has 3 N–H and O–H groups in total. The molecule has 0 spiro atoms. The van der Waals surface area contributed by atoms with E-state index in [1.54, 1.807) is 24.3 Å². The average Bonchev–Trinajstić information content (AvgIpc) is 3.27. The molecular formula is C24H24N2O5. The Morgan fingerprint density at radius 3 is 2.35 bits per heavy atom. The van der Waals surface area contributed by atoms with Crippen LogP contribution in [0.4, 0.5) is 5.69 Å². The number of benzene rings is 2. The Balaban J connectivity index is 1.74. The number of imide groups is 1. The highest BCUT2D eigenvalue weighted by molar-refractivity contribution is 6.24. The lowest BCUT2D eigenvalue weighted by Gasteiger charge is -2.28. The topological polar surface area (TPSA) is 107 Å². The van der Waals surface area contributed by atoms with E-state index in [1.807, 2.05) is 49.4 Å². The zero-order valence-corrected chi connectivity index (χ0v) is 17.1. The van der Waals surface area contributed by atoms with Gasteiger partial charge in [0.2, 0.25) is 11.8 Å². The van der Waals surface area contributed by atoms with Crippen LogP contribution < -0.4 is 10.2 Å². The van der Waals surface area contributed by atoms with Gasteiger partial charge in [-0.15, -0.1) is 0 Å². The predicted octanol–water partition coefficient (Wildman–Crippen LogP) is 1.86. The number of fused-ring (bicyclic) bond motifs is 1. The molecule has 2 saturated heterocycles. The molecule has 2 heterocycles. The van der Waals surface area contributed by atoms with Crippen molar-refractivity contribution in [1.29, 1.82) is 0 Å². The van der Waals surface area contributed by atoms with Crippen LogP contribution in [0.3, 0.4) is 0 Å². The molecule has 7 heteroatoms. The van der Waals surface area contributed by atoms with Gasteiger partial charge >= 0.3 is 5.97 Å². The van der Waals surface area contributed by atoms with Gasteiger partial charge in [-0.25, -0.2) is 4.90 Å². The van der Waals surface area contributed by atoms with Crippen molar-refractivity contribution in [3.8, 4) is 0 Å². The summed E-state index contributed by atoms with van der Waals surface area (Å²) in [5, 5.41) is 22.8. The second kappa shape index (κ2) is 8.09. The van der Waals surface area contributed by atoms with Crippen molar-refractivity contribution in [3.63, 3.8) is 0 Å². The Hall–Kier alpha value is -3.29. The number of nitrogens with one attached hydrogen (secondary N) is 1. The highest BCUT2D eigenvalue weighted by Gasteiger charge is 2.68. The van der Waals surface area contributed by atoms with Gasteiger partial charge in [0.25, 0.3) is 0 Å². The zero-order valence-electron chi connectivity index (χ0n) is 17.1. The third-order valence-corrected chi connectivity index (χ3v) is 6.22. The van der Waals surface area contributed by atoms with Crippen molar-refractivity contribution in [3.05, 3.63) is 71.8 Å². The fourth-order valence-corrected chi connectivity index (χ4v) is 4.54. The number of carbonyl (C=O) groups is 3. The minimum atomic E-state index is -1.93. The highest BCUT2D eigenvalue weighted by atomic mass is 16.4. The summed E-state index contributed by atoms with van der Waals surface area (Å²) in [5.41, 5.74) is 0.413. The number of aliphatic hydroxyl groups excluding tert-OH is 1. The van der Waals surface area contributed by atoms with Crippen LogP contribution in [-0.2, 0) is 20.8 Å². The van der Waals surface area contributed by atoms with Crippen molar-refractivity contribution >= 4 is 29.5 Å². The number of aliphatic carboxylic acids is 1. The molecule has 2 aromatic carbocycles. The van der Waals surface area contributed by atoms with Crippen LogP contribution in [0.1, 0.15) is 18.1 Å². The maximum atomic E-state index is 13.4. The number of hydrogen-bond acceptors (Lipinski definition) is 5. The van der Waals surface area contributed by atoms with Crippen LogP contribution >= 0.6 is 0 Å². The Morgan fingerprint density at radius 1 is 1.10 bits per heavy atom. The molecule has 2 aliphatic heterocycles. The van der Waals surface area contributed by atoms with E-state index in [1.165, 1.54) is 0 Å². The van der Waals surface area contributed by atoms with Crippen LogP contribution in [0.2, 0.25) is 0 Å². The Bertz CT molecular complexity index is 1030. The first-order valence-corrected chi connectivity index (χ1v) is 10.2. The number of carboxylic acids is 1. The lowest BCUT2D eigenvalue weighted by molar-refractivity contribution is -0.150. The minimum absolute atomic E-state index is 0.407. The largest absolute Gasteiger partial charge is 0.480 e. The van der Waals surface area contributed by atoms with Gasteiger partial charge in [-0.1, -0.05) is 61.5 Å². The van der Waals surface area contributed by atoms with Crippen molar-refractivity contribution in [2.24, 2.45) is 11.8 Å². The molecular weight excluding hydrogens is 396 g/mol. The number of aliphatic hydroxyl groups is 1. The first kappa shape index (κ1) is 21.0. The maximum absolute atomic E-state index is 13.4. The predicted molar refractivity (Wildman–Crippen MR) is 115 cm³/mol. The van der Waals surface area contributed by atoms with Crippen LogP contribution in [0.5, 0.6) is 0 Å². The van der Waals surface area contributed by atoms with Gasteiger partial charge in [-0.2, -0.15) is 0 Å². The number of anilines is 1. The van der Waals surface area contributed by atoms with E-state index in [0.717, 1.165) is 22.4 Å². The number of rotatable bonds is 6. The molecule has 2 aliphatic rings. The monoisotopic (exact) mass is 420 g/mol. The normalized spacial score (nSPS) is 27.8. The SMILES string of the molecule is CCc1ccc(N2C(=O)C3C(/C=C/c4ccccc4)NC(CO)(C(=O)O)C3C2=O)cc1. The van der Waals surface area contributed by atoms with Crippen molar-refractivity contribution in [1.82, 2.24) is 5.32 Å². The molecule has 31 heavy (non-hydrogen) atoms. The first-order valence-electron chi connectivity index (χ1n) is 10.2. The molecule has 160 valence electrons. The van der Waals surface area contributed by atoms with Gasteiger partial charge in [0.15, 0.2) is 5.54 Å². The molecule has 4 unspecified atom stereocenters. The average molecular weight is 420 g/mol. The summed E-state index contributed by atoms with van der Waals surface area (Å²) >= 11 is 0. The summed E-state index contributed by atoms with van der Waals surface area (Å²) in [7, 11) is 0. The first-order chi connectivity index (χ1) is 14.9. The van der Waals surface area contributed by atoms with E-state index in [-0.39, 0.29) is 0 Å². The van der Waals surface area contributed by atoms with Crippen LogP contribution in [0, 0.1) is 11.8 Å². The molecule has 2 amide bonds. The summed E-state index contributed by atoms with van der Waals surface area (Å²) in [4.78, 5) is 39.9. The quantitative estimate of drug-likeness (QED) is 0.616. The Kier molecular flexibility index (Phi) is 5.47. The van der Waals surface area contributed by atoms with E-state index in [2.05, 4.69) is 5.32 Å². The molecule has 0 saturated carbocycles. The van der Waals surface area contributed by atoms with E-state index >= 15 is 0 Å². The van der Waals surface area contributed by atoms with Crippen LogP contribution in [0.15, 0.2) is 60.7 Å². The maximum Gasteiger partial charge on any atom is 0.327 e. The molecule has 0 radical (unpaired) electrons. The van der Waals surface area contributed by atoms with Gasteiger partial charge in [-0.05, 0) is 29.7 Å². The third kappa shape index (κ3) is 3.36. The molecule has 4 atom stereocenters. The highest BCUT2D eigenvalue weighted by Crippen LogP contribution is 2.45. The fourth-order valence-electron chi connectivity index (χ4n) is 4.54. The molecule has 2 fully saturated rings. The number of carbonyl (C=O) groups excluding carboxylic acids is 2. The van der Waals surface area contributed by atoms with Gasteiger partial charge in [0.05, 0.1) is 24.1 Å². The number of carboxylic acid groups (broad SMARTS) is 1. The lowest BCUT2D eigenvalue weighted by atomic mass is 9.80. The lowest BCUT2D eigenvalue weighted by Crippen LogP contribution is -2.59. The standard InChI is InChI=1S/C24H24N2O5/c1-2-15-8-11-17(12-9-15)26-21(28)19-18(13-10-16-6-4-3-5-7-16)25-24(14-27,23(30)31)20(19)22(26)29/h3-13,18-20,25,27H,2,14H2,1H3,(H,30,31)/b13-10+. The van der Waals surface area contributed by atoms with Crippen LogP contribution in [0.25, 0.3) is 6.08 Å². The van der Waals surface area contributed by atoms with Crippen molar-refractivity contribution < 1.29 is 24.6 Å². The summed E-state index contributed by atoms with van der Waals surface area (Å²) in [5.74, 6) is -4.57. The van der Waals surface area contributed by atoms with Gasteiger partial charge in [0, 0.05) is 6.04 Å². The summed E-state index contributed by atoms with van der Waals surface area (Å²) in [6.07, 6.45) is 4.29. The number of aryl methyl sites for hydroxylation is 1. The van der Waals surface area contributed by atoms with Gasteiger partial charge < -0.3 is 10.2 Å². The van der Waals surface area contributed by atoms with Crippen LogP contribution in [-0.4, -0.2) is 46.2 Å². The fraction of sp³-hybridized carbons (Fsp3) is 0.292. The summed E-state index contributed by atoms with van der Waals surface area (Å²) in [6, 6.07) is 15.7. The molecule has 0 bridgehead atoms. The second-order valence-corrected chi connectivity index (χ2v) is 7.91. The number of nitrogens with zero attached hydrogens (tertiary/aromatic N) is 1. The van der Waals surface area contributed by atoms with E-state index in [4.69, 9.17) is 0 Å². The van der Waals surface area contributed by atoms with Gasteiger partial charge in [-0.3, -0.25) is 19.7 Å². The molecule has 0 aliphatic carbocycles. The molecule has 0 aromatic heterocycles. The van der Waals surface area contributed by atoms with Gasteiger partial charge in [0.1, 0.15) is 0 Å². The minimum Gasteiger partial charge on any atom is -0.480 e. The van der Waals surface area contributed by atoms with E-state index in [0.29, 0.717) is 5.69 Å². The Morgan fingerprint density at radius 2 is 1.77 bits per heavy atom. The van der Waals surface area contributed by atoms with Crippen molar-refractivity contribution in [2.75, 3.05) is 11.5 Å². The molecule has 4 rings (SSSR count). The Labute approximate surface area is 180 Å². The smallest absolute Gasteiger partial charge is 0.327 e. The second-order valence-electron chi connectivity index (χ2n) is 7.91. The third-order valence-electron chi connectivity index (χ3n) is 6.22. The summed E-state index contributed by atoms with van der Waals surface area (Å²) < 4.78 is 0. The summed E-state index contributed by atoms with van der Waals surface area (Å²) in [6.45, 7) is 1.20. The number of amides is 2. The van der Waals surface area contributed by atoms with E-state index < -0.39 is 47.8 Å². The zero-order chi connectivity index (χ0) is 22.2. The number of hydrogen-bond donors (Lipinski definition) is 3. The van der Waals surface area contributed by atoms with Crippen molar-refractivity contribution in [2.45, 2.75) is 24.9 Å².